The minimum Gasteiger partial charge on any atom is -0.375 e. The minimum absolute atomic E-state index is 0. The summed E-state index contributed by atoms with van der Waals surface area (Å²) in [6.45, 7) is 2.32. The second kappa shape index (κ2) is 8.28. The van der Waals surface area contributed by atoms with Gasteiger partial charge >= 0.3 is 0 Å². The molecule has 2 amide bonds. The summed E-state index contributed by atoms with van der Waals surface area (Å²) < 4.78 is 7.01. The SMILES string of the molecule is Cl.O=C(CC1CNCCO1)Nc1cnn(CC(=O)NC2CC2)c1. The van der Waals surface area contributed by atoms with Crippen molar-refractivity contribution < 1.29 is 14.3 Å². The molecule has 23 heavy (non-hydrogen) atoms. The molecule has 1 aromatic rings. The van der Waals surface area contributed by atoms with Crippen LogP contribution in [0.2, 0.25) is 0 Å². The van der Waals surface area contributed by atoms with E-state index in [2.05, 4.69) is 21.0 Å². The average Bonchev–Trinajstić information content (AvgIpc) is 3.19. The van der Waals surface area contributed by atoms with Crippen molar-refractivity contribution in [1.29, 1.82) is 0 Å². The summed E-state index contributed by atoms with van der Waals surface area (Å²) in [5, 5.41) is 12.9. The lowest BCUT2D eigenvalue weighted by molar-refractivity contribution is -0.122. The van der Waals surface area contributed by atoms with E-state index >= 15 is 0 Å². The molecule has 3 rings (SSSR count). The highest BCUT2D eigenvalue weighted by atomic mass is 35.5. The van der Waals surface area contributed by atoms with Gasteiger partial charge in [-0.1, -0.05) is 0 Å². The van der Waals surface area contributed by atoms with Crippen LogP contribution in [0.1, 0.15) is 19.3 Å². The van der Waals surface area contributed by atoms with E-state index in [9.17, 15) is 9.59 Å². The second-order valence-electron chi connectivity index (χ2n) is 5.72. The molecule has 0 bridgehead atoms. The normalized spacial score (nSPS) is 20.4. The van der Waals surface area contributed by atoms with Crippen LogP contribution in [0.3, 0.4) is 0 Å². The molecular weight excluding hydrogens is 322 g/mol. The van der Waals surface area contributed by atoms with E-state index in [-0.39, 0.29) is 36.9 Å². The van der Waals surface area contributed by atoms with E-state index in [0.717, 1.165) is 19.4 Å². The maximum Gasteiger partial charge on any atom is 0.241 e. The van der Waals surface area contributed by atoms with Crippen molar-refractivity contribution >= 4 is 29.9 Å². The fraction of sp³-hybridized carbons (Fsp3) is 0.643. The molecule has 1 unspecified atom stereocenters. The summed E-state index contributed by atoms with van der Waals surface area (Å²) in [4.78, 5) is 23.6. The summed E-state index contributed by atoms with van der Waals surface area (Å²) in [5.41, 5.74) is 0.591. The average molecular weight is 344 g/mol. The molecule has 0 spiro atoms. The molecular formula is C14H22ClN5O3. The third kappa shape index (κ3) is 5.81. The van der Waals surface area contributed by atoms with Crippen LogP contribution in [0, 0.1) is 0 Å². The first-order valence-electron chi connectivity index (χ1n) is 7.63. The quantitative estimate of drug-likeness (QED) is 0.670. The number of hydrogen-bond acceptors (Lipinski definition) is 5. The van der Waals surface area contributed by atoms with Crippen molar-refractivity contribution in [2.75, 3.05) is 25.0 Å². The van der Waals surface area contributed by atoms with E-state index in [1.807, 2.05) is 0 Å². The summed E-state index contributed by atoms with van der Waals surface area (Å²) in [6.07, 6.45) is 5.54. The Balaban J connectivity index is 0.00000192. The molecule has 3 N–H and O–H groups in total. The highest BCUT2D eigenvalue weighted by molar-refractivity contribution is 5.90. The molecule has 0 radical (unpaired) electrons. The first-order valence-corrected chi connectivity index (χ1v) is 7.63. The van der Waals surface area contributed by atoms with Gasteiger partial charge in [0.1, 0.15) is 6.54 Å². The van der Waals surface area contributed by atoms with Gasteiger partial charge in [0.25, 0.3) is 0 Å². The number of aromatic nitrogens is 2. The Labute approximate surface area is 140 Å². The Morgan fingerprint density at radius 1 is 1.39 bits per heavy atom. The molecule has 9 heteroatoms. The van der Waals surface area contributed by atoms with Gasteiger partial charge in [-0.3, -0.25) is 14.3 Å². The van der Waals surface area contributed by atoms with Crippen LogP contribution in [0.25, 0.3) is 0 Å². The fourth-order valence-corrected chi connectivity index (χ4v) is 2.33. The van der Waals surface area contributed by atoms with Crippen LogP contribution in [-0.2, 0) is 20.9 Å². The summed E-state index contributed by atoms with van der Waals surface area (Å²) in [7, 11) is 0. The van der Waals surface area contributed by atoms with Gasteiger partial charge in [0.2, 0.25) is 11.8 Å². The molecule has 1 atom stereocenters. The van der Waals surface area contributed by atoms with Crippen molar-refractivity contribution in [2.45, 2.75) is 38.0 Å². The van der Waals surface area contributed by atoms with Crippen LogP contribution >= 0.6 is 12.4 Å². The van der Waals surface area contributed by atoms with Gasteiger partial charge in [-0.05, 0) is 12.8 Å². The maximum atomic E-state index is 11.9. The van der Waals surface area contributed by atoms with Crippen LogP contribution in [0.5, 0.6) is 0 Å². The van der Waals surface area contributed by atoms with Gasteiger partial charge in [-0.15, -0.1) is 12.4 Å². The zero-order valence-electron chi connectivity index (χ0n) is 12.8. The van der Waals surface area contributed by atoms with Crippen molar-refractivity contribution in [1.82, 2.24) is 20.4 Å². The molecule has 1 saturated heterocycles. The van der Waals surface area contributed by atoms with E-state index in [1.54, 1.807) is 12.4 Å². The number of nitrogens with zero attached hydrogens (tertiary/aromatic N) is 2. The van der Waals surface area contributed by atoms with E-state index in [4.69, 9.17) is 4.74 Å². The Morgan fingerprint density at radius 2 is 2.22 bits per heavy atom. The fourth-order valence-electron chi connectivity index (χ4n) is 2.33. The third-order valence-corrected chi connectivity index (χ3v) is 3.58. The first kappa shape index (κ1) is 17.7. The third-order valence-electron chi connectivity index (χ3n) is 3.58. The topological polar surface area (TPSA) is 97.3 Å². The van der Waals surface area contributed by atoms with Gasteiger partial charge in [-0.25, -0.2) is 0 Å². The number of amides is 2. The summed E-state index contributed by atoms with van der Waals surface area (Å²) >= 11 is 0. The summed E-state index contributed by atoms with van der Waals surface area (Å²) in [5.74, 6) is -0.166. The summed E-state index contributed by atoms with van der Waals surface area (Å²) in [6, 6.07) is 0.339. The predicted molar refractivity (Wildman–Crippen MR) is 86.5 cm³/mol. The van der Waals surface area contributed by atoms with Crippen LogP contribution < -0.4 is 16.0 Å². The number of anilines is 1. The number of nitrogens with one attached hydrogen (secondary N) is 3. The van der Waals surface area contributed by atoms with Crippen molar-refractivity contribution in [3.05, 3.63) is 12.4 Å². The number of carbonyl (C=O) groups is 2. The zero-order chi connectivity index (χ0) is 15.4. The second-order valence-corrected chi connectivity index (χ2v) is 5.72. The number of morpholine rings is 1. The Bertz CT molecular complexity index is 540. The molecule has 128 valence electrons. The predicted octanol–water partition coefficient (Wildman–Crippen LogP) is -0.0995. The monoisotopic (exact) mass is 343 g/mol. The number of carbonyl (C=O) groups excluding carboxylic acids is 2. The van der Waals surface area contributed by atoms with Crippen molar-refractivity contribution in [2.24, 2.45) is 0 Å². The lowest BCUT2D eigenvalue weighted by atomic mass is 10.2. The molecule has 2 heterocycles. The lowest BCUT2D eigenvalue weighted by Crippen LogP contribution is -2.40. The first-order chi connectivity index (χ1) is 10.7. The van der Waals surface area contributed by atoms with E-state index < -0.39 is 0 Å². The van der Waals surface area contributed by atoms with Gasteiger partial charge in [0.05, 0.1) is 31.0 Å². The standard InChI is InChI=1S/C14H21N5O3.ClH/c20-13(5-12-7-15-3-4-22-12)18-11-6-16-19(8-11)9-14(21)17-10-1-2-10;/h6,8,10,12,15H,1-5,7,9H2,(H,17,21)(H,18,20);1H. The maximum absolute atomic E-state index is 11.9. The van der Waals surface area contributed by atoms with Gasteiger partial charge < -0.3 is 20.7 Å². The zero-order valence-corrected chi connectivity index (χ0v) is 13.6. The number of hydrogen-bond donors (Lipinski definition) is 3. The molecule has 1 aliphatic carbocycles. The van der Waals surface area contributed by atoms with E-state index in [0.29, 0.717) is 31.3 Å². The molecule has 1 saturated carbocycles. The van der Waals surface area contributed by atoms with Crippen molar-refractivity contribution in [3.63, 3.8) is 0 Å². The van der Waals surface area contributed by atoms with Crippen LogP contribution in [-0.4, -0.2) is 53.4 Å². The Hall–Kier alpha value is -1.64. The largest absolute Gasteiger partial charge is 0.375 e. The smallest absolute Gasteiger partial charge is 0.241 e. The molecule has 0 aromatic carbocycles. The number of ether oxygens (including phenoxy) is 1. The number of halogens is 1. The Morgan fingerprint density at radius 3 is 2.91 bits per heavy atom. The Kier molecular flexibility index (Phi) is 6.37. The lowest BCUT2D eigenvalue weighted by Gasteiger charge is -2.22. The van der Waals surface area contributed by atoms with E-state index in [1.165, 1.54) is 4.68 Å². The van der Waals surface area contributed by atoms with Crippen LogP contribution in [0.4, 0.5) is 5.69 Å². The van der Waals surface area contributed by atoms with Gasteiger partial charge in [0.15, 0.2) is 0 Å². The van der Waals surface area contributed by atoms with Crippen molar-refractivity contribution in [3.8, 4) is 0 Å². The molecule has 8 nitrogen and oxygen atoms in total. The minimum atomic E-state index is -0.115. The van der Waals surface area contributed by atoms with Gasteiger partial charge in [0, 0.05) is 25.3 Å². The molecule has 1 aromatic heterocycles. The molecule has 2 fully saturated rings. The highest BCUT2D eigenvalue weighted by Crippen LogP contribution is 2.18. The van der Waals surface area contributed by atoms with Gasteiger partial charge in [-0.2, -0.15) is 5.10 Å². The molecule has 2 aliphatic rings. The highest BCUT2D eigenvalue weighted by Gasteiger charge is 2.23. The molecule has 1 aliphatic heterocycles. The number of rotatable bonds is 6. The van der Waals surface area contributed by atoms with Crippen LogP contribution in [0.15, 0.2) is 12.4 Å².